The van der Waals surface area contributed by atoms with Gasteiger partial charge in [-0.15, -0.1) is 24.8 Å². The summed E-state index contributed by atoms with van der Waals surface area (Å²) in [4.78, 5) is 2.45. The molecular formula is C14H21Cl2FN2O. The fourth-order valence-electron chi connectivity index (χ4n) is 2.94. The largest absolute Gasteiger partial charge is 0.492 e. The van der Waals surface area contributed by atoms with Crippen molar-refractivity contribution in [2.75, 3.05) is 32.8 Å². The summed E-state index contributed by atoms with van der Waals surface area (Å²) in [6, 6.07) is 6.90. The smallest absolute Gasteiger partial charge is 0.123 e. The van der Waals surface area contributed by atoms with Crippen LogP contribution in [-0.2, 0) is 0 Å². The van der Waals surface area contributed by atoms with Crippen molar-refractivity contribution in [1.29, 1.82) is 0 Å². The van der Waals surface area contributed by atoms with Crippen molar-refractivity contribution in [1.82, 2.24) is 10.2 Å². The third kappa shape index (κ3) is 4.22. The summed E-state index contributed by atoms with van der Waals surface area (Å²) in [6.07, 6.45) is 1.31. The number of nitrogens with one attached hydrogen (secondary N) is 1. The second kappa shape index (κ2) is 8.03. The average Bonchev–Trinajstić information content (AvgIpc) is 2.92. The van der Waals surface area contributed by atoms with Crippen molar-refractivity contribution in [3.05, 3.63) is 30.1 Å². The molecule has 114 valence electrons. The van der Waals surface area contributed by atoms with Gasteiger partial charge in [0.2, 0.25) is 0 Å². The van der Waals surface area contributed by atoms with Gasteiger partial charge in [-0.3, -0.25) is 4.90 Å². The number of halogens is 3. The van der Waals surface area contributed by atoms with Crippen LogP contribution in [-0.4, -0.2) is 43.7 Å². The summed E-state index contributed by atoms with van der Waals surface area (Å²) < 4.78 is 18.3. The van der Waals surface area contributed by atoms with Gasteiger partial charge in [-0.25, -0.2) is 4.39 Å². The Bertz CT molecular complexity index is 393. The van der Waals surface area contributed by atoms with Gasteiger partial charge in [-0.1, -0.05) is 0 Å². The zero-order valence-electron chi connectivity index (χ0n) is 11.3. The maximum absolute atomic E-state index is 12.7. The van der Waals surface area contributed by atoms with Crippen molar-refractivity contribution in [2.24, 2.45) is 5.92 Å². The predicted octanol–water partition coefficient (Wildman–Crippen LogP) is 2.34. The Labute approximate surface area is 131 Å². The summed E-state index contributed by atoms with van der Waals surface area (Å²) in [7, 11) is 0. The summed E-state index contributed by atoms with van der Waals surface area (Å²) in [6.45, 7) is 5.12. The van der Waals surface area contributed by atoms with Crippen LogP contribution in [0.4, 0.5) is 4.39 Å². The lowest BCUT2D eigenvalue weighted by molar-refractivity contribution is 0.229. The molecule has 6 heteroatoms. The molecule has 1 N–H and O–H groups in total. The normalized spacial score (nSPS) is 24.6. The van der Waals surface area contributed by atoms with Crippen LogP contribution in [0.2, 0.25) is 0 Å². The van der Waals surface area contributed by atoms with E-state index in [0.29, 0.717) is 12.6 Å². The molecule has 2 aliphatic heterocycles. The number of rotatable bonds is 4. The molecule has 2 saturated heterocycles. The van der Waals surface area contributed by atoms with Crippen LogP contribution < -0.4 is 10.1 Å². The molecule has 1 aromatic rings. The topological polar surface area (TPSA) is 24.5 Å². The van der Waals surface area contributed by atoms with E-state index in [0.717, 1.165) is 24.8 Å². The Morgan fingerprint density at radius 2 is 1.95 bits per heavy atom. The molecule has 0 spiro atoms. The molecule has 3 nitrogen and oxygen atoms in total. The van der Waals surface area contributed by atoms with Crippen LogP contribution in [0.3, 0.4) is 0 Å². The highest BCUT2D eigenvalue weighted by Gasteiger charge is 2.35. The van der Waals surface area contributed by atoms with Gasteiger partial charge in [0.15, 0.2) is 0 Å². The molecule has 0 radical (unpaired) electrons. The lowest BCUT2D eigenvalue weighted by atomic mass is 10.1. The first-order valence-corrected chi connectivity index (χ1v) is 6.65. The summed E-state index contributed by atoms with van der Waals surface area (Å²) >= 11 is 0. The van der Waals surface area contributed by atoms with E-state index >= 15 is 0 Å². The zero-order chi connectivity index (χ0) is 12.4. The van der Waals surface area contributed by atoms with E-state index in [-0.39, 0.29) is 30.6 Å². The highest BCUT2D eigenvalue weighted by atomic mass is 35.5. The summed E-state index contributed by atoms with van der Waals surface area (Å²) in [5, 5.41) is 3.54. The monoisotopic (exact) mass is 322 g/mol. The van der Waals surface area contributed by atoms with Gasteiger partial charge in [-0.2, -0.15) is 0 Å². The third-order valence-corrected chi connectivity index (χ3v) is 3.93. The fraction of sp³-hybridized carbons (Fsp3) is 0.571. The Kier molecular flexibility index (Phi) is 7.03. The summed E-state index contributed by atoms with van der Waals surface area (Å²) in [5.41, 5.74) is 0. The second-order valence-electron chi connectivity index (χ2n) is 5.17. The van der Waals surface area contributed by atoms with Gasteiger partial charge in [0.25, 0.3) is 0 Å². The van der Waals surface area contributed by atoms with Crippen molar-refractivity contribution in [3.63, 3.8) is 0 Å². The van der Waals surface area contributed by atoms with Gasteiger partial charge < -0.3 is 10.1 Å². The minimum Gasteiger partial charge on any atom is -0.492 e. The van der Waals surface area contributed by atoms with Gasteiger partial charge >= 0.3 is 0 Å². The van der Waals surface area contributed by atoms with Gasteiger partial charge in [-0.05, 0) is 43.1 Å². The first-order chi connectivity index (χ1) is 8.81. The second-order valence-corrected chi connectivity index (χ2v) is 5.17. The molecule has 0 unspecified atom stereocenters. The standard InChI is InChI=1S/C14H19FN2O.2ClH/c15-12-1-3-13(4-2-12)18-8-7-17-9-11-5-6-16-14(11)10-17;;/h1-4,11,14,16H,5-10H2;2*1H/t11-,14+;;/m0../s1. The molecule has 0 aliphatic carbocycles. The number of nitrogens with zero attached hydrogens (tertiary/aromatic N) is 1. The molecular weight excluding hydrogens is 302 g/mol. The van der Waals surface area contributed by atoms with Crippen molar-refractivity contribution < 1.29 is 9.13 Å². The van der Waals surface area contributed by atoms with E-state index < -0.39 is 0 Å². The Balaban J connectivity index is 0.000001000. The SMILES string of the molecule is Cl.Cl.Fc1ccc(OCCN2C[C@@H]3CCN[C@@H]3C2)cc1. The number of fused-ring (bicyclic) bond motifs is 1. The first-order valence-electron chi connectivity index (χ1n) is 6.65. The van der Waals surface area contributed by atoms with E-state index in [1.807, 2.05) is 0 Å². The molecule has 0 bridgehead atoms. The highest BCUT2D eigenvalue weighted by Crippen LogP contribution is 2.24. The van der Waals surface area contributed by atoms with E-state index in [1.54, 1.807) is 12.1 Å². The number of ether oxygens (including phenoxy) is 1. The molecule has 0 saturated carbocycles. The van der Waals surface area contributed by atoms with Crippen LogP contribution >= 0.6 is 24.8 Å². The Hall–Kier alpha value is -0.550. The van der Waals surface area contributed by atoms with Gasteiger partial charge in [0.05, 0.1) is 0 Å². The van der Waals surface area contributed by atoms with Crippen molar-refractivity contribution in [2.45, 2.75) is 12.5 Å². The molecule has 2 heterocycles. The number of benzene rings is 1. The van der Waals surface area contributed by atoms with E-state index in [2.05, 4.69) is 10.2 Å². The molecule has 1 aromatic carbocycles. The lowest BCUT2D eigenvalue weighted by Gasteiger charge is -2.17. The number of hydrogen-bond acceptors (Lipinski definition) is 3. The van der Waals surface area contributed by atoms with Crippen molar-refractivity contribution in [3.8, 4) is 5.75 Å². The first kappa shape index (κ1) is 17.5. The van der Waals surface area contributed by atoms with Gasteiger partial charge in [0, 0.05) is 25.7 Å². The molecule has 2 atom stereocenters. The third-order valence-electron chi connectivity index (χ3n) is 3.93. The van der Waals surface area contributed by atoms with Crippen molar-refractivity contribution >= 4 is 24.8 Å². The molecule has 20 heavy (non-hydrogen) atoms. The molecule has 0 amide bonds. The molecule has 2 fully saturated rings. The van der Waals surface area contributed by atoms with Crippen LogP contribution in [0.5, 0.6) is 5.75 Å². The van der Waals surface area contributed by atoms with E-state index in [1.165, 1.54) is 31.6 Å². The summed E-state index contributed by atoms with van der Waals surface area (Å²) in [5.74, 6) is 1.35. The Morgan fingerprint density at radius 1 is 1.20 bits per heavy atom. The van der Waals surface area contributed by atoms with Crippen LogP contribution in [0.25, 0.3) is 0 Å². The molecule has 0 aromatic heterocycles. The maximum atomic E-state index is 12.7. The Morgan fingerprint density at radius 3 is 2.65 bits per heavy atom. The zero-order valence-corrected chi connectivity index (χ0v) is 12.9. The maximum Gasteiger partial charge on any atom is 0.123 e. The predicted molar refractivity (Wildman–Crippen MR) is 82.7 cm³/mol. The van der Waals surface area contributed by atoms with Gasteiger partial charge in [0.1, 0.15) is 18.2 Å². The quantitative estimate of drug-likeness (QED) is 0.920. The lowest BCUT2D eigenvalue weighted by Crippen LogP contribution is -2.32. The molecule has 3 rings (SSSR count). The fourth-order valence-corrected chi connectivity index (χ4v) is 2.94. The number of hydrogen-bond donors (Lipinski definition) is 1. The van der Waals surface area contributed by atoms with E-state index in [9.17, 15) is 4.39 Å². The minimum absolute atomic E-state index is 0. The van der Waals surface area contributed by atoms with Crippen LogP contribution in [0, 0.1) is 11.7 Å². The minimum atomic E-state index is -0.221. The average molecular weight is 323 g/mol. The van der Waals surface area contributed by atoms with Crippen LogP contribution in [0.15, 0.2) is 24.3 Å². The molecule has 2 aliphatic rings. The van der Waals surface area contributed by atoms with E-state index in [4.69, 9.17) is 4.74 Å². The number of likely N-dealkylation sites (tertiary alicyclic amines) is 1. The van der Waals surface area contributed by atoms with Crippen LogP contribution in [0.1, 0.15) is 6.42 Å². The highest BCUT2D eigenvalue weighted by molar-refractivity contribution is 5.85.